The first-order valence-corrected chi connectivity index (χ1v) is 10.4. The van der Waals surface area contributed by atoms with Gasteiger partial charge in [0.05, 0.1) is 23.6 Å². The predicted octanol–water partition coefficient (Wildman–Crippen LogP) is 3.00. The molecule has 1 N–H and O–H groups in total. The number of hydrogen-bond donors (Lipinski definition) is 1. The second-order valence-corrected chi connectivity index (χ2v) is 8.22. The maximum atomic E-state index is 12.9. The number of carbonyl (C=O) groups is 1. The van der Waals surface area contributed by atoms with E-state index in [4.69, 9.17) is 4.74 Å². The molecule has 3 aliphatic rings. The van der Waals surface area contributed by atoms with Crippen molar-refractivity contribution in [2.45, 2.75) is 51.4 Å². The molecule has 1 aromatic rings. The Labute approximate surface area is 162 Å². The molecule has 4 rings (SSSR count). The largest absolute Gasteiger partial charge is 0.372 e. The average molecular weight is 373 g/mol. The number of morpholine rings is 1. The first kappa shape index (κ1) is 18.6. The molecule has 2 unspecified atom stereocenters. The molecule has 0 bridgehead atoms. The summed E-state index contributed by atoms with van der Waals surface area (Å²) in [6.07, 6.45) is 4.10. The fraction of sp³-hybridized carbons (Fsp3) is 0.667. The zero-order valence-electron chi connectivity index (χ0n) is 16.6. The molecule has 0 radical (unpaired) electrons. The van der Waals surface area contributed by atoms with Crippen molar-refractivity contribution in [2.24, 2.45) is 0 Å². The van der Waals surface area contributed by atoms with Crippen LogP contribution in [-0.2, 0) is 4.74 Å². The number of anilines is 2. The second-order valence-electron chi connectivity index (χ2n) is 8.22. The summed E-state index contributed by atoms with van der Waals surface area (Å²) < 4.78 is 5.86. The van der Waals surface area contributed by atoms with Gasteiger partial charge in [0.15, 0.2) is 0 Å². The van der Waals surface area contributed by atoms with Crippen LogP contribution in [0.2, 0.25) is 0 Å². The maximum Gasteiger partial charge on any atom is 0.321 e. The van der Waals surface area contributed by atoms with Crippen molar-refractivity contribution in [1.82, 2.24) is 9.80 Å². The van der Waals surface area contributed by atoms with Crippen LogP contribution >= 0.6 is 0 Å². The van der Waals surface area contributed by atoms with E-state index in [1.54, 1.807) is 0 Å². The van der Waals surface area contributed by atoms with E-state index < -0.39 is 0 Å². The fourth-order valence-electron chi connectivity index (χ4n) is 4.37. The number of ether oxygens (including phenoxy) is 1. The Balaban J connectivity index is 1.42. The SMILES string of the molecule is CC1CN(c2ccccc2NC(=O)N2CCCN(C3CC3)CC2)CC(C)O1. The highest BCUT2D eigenvalue weighted by Crippen LogP contribution is 2.30. The van der Waals surface area contributed by atoms with E-state index in [2.05, 4.69) is 35.0 Å². The van der Waals surface area contributed by atoms with Gasteiger partial charge in [0.25, 0.3) is 0 Å². The quantitative estimate of drug-likeness (QED) is 0.886. The van der Waals surface area contributed by atoms with E-state index in [1.165, 1.54) is 12.8 Å². The summed E-state index contributed by atoms with van der Waals surface area (Å²) in [4.78, 5) is 19.8. The summed E-state index contributed by atoms with van der Waals surface area (Å²) >= 11 is 0. The molecule has 2 atom stereocenters. The number of nitrogens with zero attached hydrogens (tertiary/aromatic N) is 3. The van der Waals surface area contributed by atoms with Crippen LogP contribution < -0.4 is 10.2 Å². The molecule has 2 amide bonds. The van der Waals surface area contributed by atoms with Crippen LogP contribution in [0.15, 0.2) is 24.3 Å². The molecular formula is C21H32N4O2. The van der Waals surface area contributed by atoms with Gasteiger partial charge in [-0.15, -0.1) is 0 Å². The number of nitrogens with one attached hydrogen (secondary N) is 1. The van der Waals surface area contributed by atoms with Gasteiger partial charge in [0, 0.05) is 45.3 Å². The normalized spacial score (nSPS) is 27.3. The number of amides is 2. The summed E-state index contributed by atoms with van der Waals surface area (Å²) in [7, 11) is 0. The maximum absolute atomic E-state index is 12.9. The number of rotatable bonds is 3. The van der Waals surface area contributed by atoms with Gasteiger partial charge in [-0.1, -0.05) is 12.1 Å². The Kier molecular flexibility index (Phi) is 5.55. The molecule has 0 aromatic heterocycles. The first-order chi connectivity index (χ1) is 13.1. The van der Waals surface area contributed by atoms with Crippen LogP contribution in [0, 0.1) is 0 Å². The van der Waals surface area contributed by atoms with Crippen LogP contribution in [0.25, 0.3) is 0 Å². The predicted molar refractivity (Wildman–Crippen MR) is 108 cm³/mol. The van der Waals surface area contributed by atoms with Crippen LogP contribution in [-0.4, -0.2) is 73.3 Å². The van der Waals surface area contributed by atoms with E-state index in [-0.39, 0.29) is 18.2 Å². The minimum atomic E-state index is 0.0226. The molecule has 2 saturated heterocycles. The molecule has 2 heterocycles. The van der Waals surface area contributed by atoms with Gasteiger partial charge >= 0.3 is 6.03 Å². The lowest BCUT2D eigenvalue weighted by molar-refractivity contribution is -0.00517. The Bertz CT molecular complexity index is 653. The van der Waals surface area contributed by atoms with Crippen molar-refractivity contribution in [3.8, 4) is 0 Å². The summed E-state index contributed by atoms with van der Waals surface area (Å²) in [5, 5.41) is 3.18. The number of carbonyl (C=O) groups excluding carboxylic acids is 1. The fourth-order valence-corrected chi connectivity index (χ4v) is 4.37. The van der Waals surface area contributed by atoms with Crippen LogP contribution in [0.4, 0.5) is 16.2 Å². The number of urea groups is 1. The second kappa shape index (κ2) is 8.07. The summed E-state index contributed by atoms with van der Waals surface area (Å²) in [5.74, 6) is 0. The first-order valence-electron chi connectivity index (χ1n) is 10.4. The molecule has 2 aliphatic heterocycles. The minimum Gasteiger partial charge on any atom is -0.372 e. The molecule has 27 heavy (non-hydrogen) atoms. The zero-order chi connectivity index (χ0) is 18.8. The molecule has 1 aliphatic carbocycles. The highest BCUT2D eigenvalue weighted by molar-refractivity contribution is 5.93. The minimum absolute atomic E-state index is 0.0226. The zero-order valence-corrected chi connectivity index (χ0v) is 16.6. The molecule has 0 spiro atoms. The number of para-hydroxylation sites is 2. The van der Waals surface area contributed by atoms with Crippen molar-refractivity contribution in [3.63, 3.8) is 0 Å². The van der Waals surface area contributed by atoms with Crippen molar-refractivity contribution in [2.75, 3.05) is 49.5 Å². The molecule has 148 valence electrons. The highest BCUT2D eigenvalue weighted by atomic mass is 16.5. The third-order valence-electron chi connectivity index (χ3n) is 5.79. The Hall–Kier alpha value is -1.79. The Morgan fingerprint density at radius 3 is 2.52 bits per heavy atom. The van der Waals surface area contributed by atoms with E-state index in [1.807, 2.05) is 23.1 Å². The standard InChI is InChI=1S/C21H32N4O2/c1-16-14-25(15-17(2)27-16)20-7-4-3-6-19(20)22-21(26)24-11-5-10-23(12-13-24)18-8-9-18/h3-4,6-7,16-18H,5,8-15H2,1-2H3,(H,22,26). The van der Waals surface area contributed by atoms with Crippen molar-refractivity contribution in [3.05, 3.63) is 24.3 Å². The highest BCUT2D eigenvalue weighted by Gasteiger charge is 2.31. The molecule has 6 nitrogen and oxygen atoms in total. The van der Waals surface area contributed by atoms with Crippen LogP contribution in [0.1, 0.15) is 33.1 Å². The molecule has 1 aromatic carbocycles. The number of benzene rings is 1. The molecule has 1 saturated carbocycles. The van der Waals surface area contributed by atoms with Gasteiger partial charge in [0.2, 0.25) is 0 Å². The van der Waals surface area contributed by atoms with E-state index in [0.29, 0.717) is 0 Å². The Morgan fingerprint density at radius 1 is 1.04 bits per heavy atom. The average Bonchev–Trinajstić information content (AvgIpc) is 3.47. The van der Waals surface area contributed by atoms with Crippen molar-refractivity contribution >= 4 is 17.4 Å². The number of hydrogen-bond acceptors (Lipinski definition) is 4. The van der Waals surface area contributed by atoms with Crippen LogP contribution in [0.5, 0.6) is 0 Å². The summed E-state index contributed by atoms with van der Waals surface area (Å²) in [5.41, 5.74) is 1.98. The van der Waals surface area contributed by atoms with E-state index >= 15 is 0 Å². The lowest BCUT2D eigenvalue weighted by atomic mass is 10.1. The molecule has 6 heteroatoms. The van der Waals surface area contributed by atoms with E-state index in [0.717, 1.165) is 63.1 Å². The smallest absolute Gasteiger partial charge is 0.321 e. The van der Waals surface area contributed by atoms with Crippen LogP contribution in [0.3, 0.4) is 0 Å². The van der Waals surface area contributed by atoms with Gasteiger partial charge < -0.3 is 19.9 Å². The molecule has 3 fully saturated rings. The van der Waals surface area contributed by atoms with Gasteiger partial charge in [-0.2, -0.15) is 0 Å². The van der Waals surface area contributed by atoms with Gasteiger partial charge in [-0.3, -0.25) is 4.90 Å². The van der Waals surface area contributed by atoms with Gasteiger partial charge in [0.1, 0.15) is 0 Å². The van der Waals surface area contributed by atoms with E-state index in [9.17, 15) is 4.79 Å². The lowest BCUT2D eigenvalue weighted by Crippen LogP contribution is -2.46. The summed E-state index contributed by atoms with van der Waals surface area (Å²) in [6, 6.07) is 8.93. The van der Waals surface area contributed by atoms with Crippen molar-refractivity contribution < 1.29 is 9.53 Å². The lowest BCUT2D eigenvalue weighted by Gasteiger charge is -2.37. The molecular weight excluding hydrogens is 340 g/mol. The monoisotopic (exact) mass is 372 g/mol. The van der Waals surface area contributed by atoms with Crippen molar-refractivity contribution in [1.29, 1.82) is 0 Å². The summed E-state index contributed by atoms with van der Waals surface area (Å²) in [6.45, 7) is 9.67. The Morgan fingerprint density at radius 2 is 1.78 bits per heavy atom. The third kappa shape index (κ3) is 4.55. The third-order valence-corrected chi connectivity index (χ3v) is 5.79. The van der Waals surface area contributed by atoms with Gasteiger partial charge in [-0.25, -0.2) is 4.79 Å². The topological polar surface area (TPSA) is 48.1 Å². The van der Waals surface area contributed by atoms with Gasteiger partial charge in [-0.05, 0) is 45.2 Å².